The molecule has 0 radical (unpaired) electrons. The Hall–Kier alpha value is -0.220. The monoisotopic (exact) mass is 186 g/mol. The second kappa shape index (κ2) is 3.03. The van der Waals surface area contributed by atoms with Crippen LogP contribution in [0.15, 0.2) is 12.3 Å². The van der Waals surface area contributed by atoms with Crippen molar-refractivity contribution in [1.82, 2.24) is 10.2 Å². The highest BCUT2D eigenvalue weighted by Gasteiger charge is 2.27. The van der Waals surface area contributed by atoms with Crippen LogP contribution >= 0.6 is 24.0 Å². The molecule has 2 heterocycles. The second-order valence-electron chi connectivity index (χ2n) is 2.64. The van der Waals surface area contributed by atoms with E-state index in [1.54, 1.807) is 11.8 Å². The second-order valence-corrected chi connectivity index (χ2v) is 4.30. The zero-order valence-electron chi connectivity index (χ0n) is 6.12. The smallest absolute Gasteiger partial charge is 0.138 e. The lowest BCUT2D eigenvalue weighted by atomic mass is 10.4. The Morgan fingerprint density at radius 3 is 3.55 bits per heavy atom. The van der Waals surface area contributed by atoms with Gasteiger partial charge in [0.05, 0.1) is 0 Å². The van der Waals surface area contributed by atoms with Gasteiger partial charge in [-0.05, 0) is 12.6 Å². The van der Waals surface area contributed by atoms with Gasteiger partial charge in [0.1, 0.15) is 10.5 Å². The summed E-state index contributed by atoms with van der Waals surface area (Å²) in [5.74, 6) is 1.09. The summed E-state index contributed by atoms with van der Waals surface area (Å²) in [7, 11) is 0. The Morgan fingerprint density at radius 1 is 1.73 bits per heavy atom. The third-order valence-corrected chi connectivity index (χ3v) is 3.47. The van der Waals surface area contributed by atoms with Crippen molar-refractivity contribution in [3.8, 4) is 0 Å². The van der Waals surface area contributed by atoms with E-state index in [0.717, 1.165) is 23.0 Å². The van der Waals surface area contributed by atoms with Crippen LogP contribution in [0, 0.1) is 0 Å². The Bertz CT molecular complexity index is 203. The molecule has 1 saturated heterocycles. The average molecular weight is 186 g/mol. The first-order valence-electron chi connectivity index (χ1n) is 3.72. The maximum atomic E-state index is 5.20. The molecule has 60 valence electrons. The Kier molecular flexibility index (Phi) is 2.05. The van der Waals surface area contributed by atoms with E-state index in [4.69, 9.17) is 12.2 Å². The van der Waals surface area contributed by atoms with Crippen LogP contribution < -0.4 is 5.32 Å². The predicted octanol–water partition coefficient (Wildman–Crippen LogP) is 1.15. The Morgan fingerprint density at radius 2 is 2.64 bits per heavy atom. The Balaban J connectivity index is 2.11. The molecule has 2 nitrogen and oxygen atoms in total. The first-order chi connectivity index (χ1) is 5.38. The SMILES string of the molecule is S=C1SCC2NC=CCCN12. The highest BCUT2D eigenvalue weighted by atomic mass is 32.2. The van der Waals surface area contributed by atoms with Gasteiger partial charge in [0.25, 0.3) is 0 Å². The zero-order chi connectivity index (χ0) is 7.68. The van der Waals surface area contributed by atoms with Crippen LogP contribution in [-0.4, -0.2) is 27.7 Å². The molecule has 1 unspecified atom stereocenters. The molecule has 0 aromatic heterocycles. The van der Waals surface area contributed by atoms with Gasteiger partial charge in [0, 0.05) is 12.3 Å². The molecule has 11 heavy (non-hydrogen) atoms. The van der Waals surface area contributed by atoms with Crippen molar-refractivity contribution in [2.24, 2.45) is 0 Å². The molecule has 0 aromatic rings. The molecule has 0 saturated carbocycles. The third-order valence-electron chi connectivity index (χ3n) is 1.92. The first kappa shape index (κ1) is 7.43. The summed E-state index contributed by atoms with van der Waals surface area (Å²) in [5.41, 5.74) is 0. The molecular weight excluding hydrogens is 176 g/mol. The third kappa shape index (κ3) is 1.37. The highest BCUT2D eigenvalue weighted by Crippen LogP contribution is 2.23. The summed E-state index contributed by atoms with van der Waals surface area (Å²) in [4.78, 5) is 2.26. The molecule has 0 aliphatic carbocycles. The molecule has 4 heteroatoms. The van der Waals surface area contributed by atoms with Gasteiger partial charge >= 0.3 is 0 Å². The van der Waals surface area contributed by atoms with Gasteiger partial charge in [0.2, 0.25) is 0 Å². The Labute approximate surface area is 76.0 Å². The van der Waals surface area contributed by atoms with E-state index in [2.05, 4.69) is 16.3 Å². The molecule has 1 N–H and O–H groups in total. The fourth-order valence-corrected chi connectivity index (χ4v) is 2.70. The normalized spacial score (nSPS) is 29.6. The standard InChI is InChI=1S/C7H10N2S2/c10-7-9-4-2-1-3-8-6(9)5-11-7/h1,3,6,8H,2,4-5H2. The number of hydrogen-bond acceptors (Lipinski definition) is 3. The summed E-state index contributed by atoms with van der Waals surface area (Å²) in [6, 6.07) is 0. The van der Waals surface area contributed by atoms with Crippen LogP contribution in [0.2, 0.25) is 0 Å². The van der Waals surface area contributed by atoms with Crippen LogP contribution in [-0.2, 0) is 0 Å². The van der Waals surface area contributed by atoms with Crippen molar-refractivity contribution in [2.45, 2.75) is 12.6 Å². The first-order valence-corrected chi connectivity index (χ1v) is 5.12. The van der Waals surface area contributed by atoms with E-state index in [1.165, 1.54) is 0 Å². The minimum Gasteiger partial charge on any atom is -0.371 e. The average Bonchev–Trinajstić information content (AvgIpc) is 2.25. The predicted molar refractivity (Wildman–Crippen MR) is 52.4 cm³/mol. The summed E-state index contributed by atoms with van der Waals surface area (Å²) in [5, 5.41) is 3.31. The van der Waals surface area contributed by atoms with Crippen molar-refractivity contribution >= 4 is 28.3 Å². The van der Waals surface area contributed by atoms with Crippen LogP contribution in [0.1, 0.15) is 6.42 Å². The van der Waals surface area contributed by atoms with Crippen molar-refractivity contribution < 1.29 is 0 Å². The van der Waals surface area contributed by atoms with E-state index in [1.807, 2.05) is 6.20 Å². The van der Waals surface area contributed by atoms with Gasteiger partial charge in [-0.1, -0.05) is 30.1 Å². The lowest BCUT2D eigenvalue weighted by Gasteiger charge is -2.22. The zero-order valence-corrected chi connectivity index (χ0v) is 7.75. The lowest BCUT2D eigenvalue weighted by Crippen LogP contribution is -2.40. The highest BCUT2D eigenvalue weighted by molar-refractivity contribution is 8.23. The number of fused-ring (bicyclic) bond motifs is 1. The number of nitrogens with one attached hydrogen (secondary N) is 1. The quantitative estimate of drug-likeness (QED) is 0.571. The van der Waals surface area contributed by atoms with Crippen molar-refractivity contribution in [3.63, 3.8) is 0 Å². The number of nitrogens with zero attached hydrogens (tertiary/aromatic N) is 1. The van der Waals surface area contributed by atoms with Crippen LogP contribution in [0.3, 0.4) is 0 Å². The van der Waals surface area contributed by atoms with Gasteiger partial charge in [-0.3, -0.25) is 0 Å². The fraction of sp³-hybridized carbons (Fsp3) is 0.571. The maximum absolute atomic E-state index is 5.20. The number of rotatable bonds is 0. The van der Waals surface area contributed by atoms with E-state index >= 15 is 0 Å². The molecule has 1 fully saturated rings. The topological polar surface area (TPSA) is 15.3 Å². The number of thiocarbonyl (C=S) groups is 1. The van der Waals surface area contributed by atoms with E-state index in [-0.39, 0.29) is 0 Å². The van der Waals surface area contributed by atoms with E-state index in [0.29, 0.717) is 6.17 Å². The number of thioether (sulfide) groups is 1. The molecule has 2 aliphatic rings. The summed E-state index contributed by atoms with van der Waals surface area (Å²) in [6.07, 6.45) is 5.75. The molecular formula is C7H10N2S2. The molecule has 0 amide bonds. The molecule has 2 aliphatic heterocycles. The molecule has 1 atom stereocenters. The summed E-state index contributed by atoms with van der Waals surface area (Å²) >= 11 is 6.97. The van der Waals surface area contributed by atoms with Crippen molar-refractivity contribution in [2.75, 3.05) is 12.3 Å². The fourth-order valence-electron chi connectivity index (χ4n) is 1.31. The summed E-state index contributed by atoms with van der Waals surface area (Å²) < 4.78 is 1.05. The van der Waals surface area contributed by atoms with Gasteiger partial charge in [-0.25, -0.2) is 0 Å². The van der Waals surface area contributed by atoms with E-state index in [9.17, 15) is 0 Å². The minimum absolute atomic E-state index is 0.450. The number of hydrogen-bond donors (Lipinski definition) is 1. The van der Waals surface area contributed by atoms with Crippen molar-refractivity contribution in [3.05, 3.63) is 12.3 Å². The van der Waals surface area contributed by atoms with Gasteiger partial charge < -0.3 is 10.2 Å². The largest absolute Gasteiger partial charge is 0.371 e. The van der Waals surface area contributed by atoms with Gasteiger partial charge in [0.15, 0.2) is 0 Å². The van der Waals surface area contributed by atoms with Crippen LogP contribution in [0.4, 0.5) is 0 Å². The lowest BCUT2D eigenvalue weighted by molar-refractivity contribution is 0.342. The van der Waals surface area contributed by atoms with Crippen LogP contribution in [0.25, 0.3) is 0 Å². The summed E-state index contributed by atoms with van der Waals surface area (Å²) in [6.45, 7) is 1.07. The maximum Gasteiger partial charge on any atom is 0.138 e. The minimum atomic E-state index is 0.450. The van der Waals surface area contributed by atoms with E-state index < -0.39 is 0 Å². The van der Waals surface area contributed by atoms with Crippen molar-refractivity contribution in [1.29, 1.82) is 0 Å². The molecule has 0 spiro atoms. The molecule has 2 rings (SSSR count). The molecule has 0 bridgehead atoms. The van der Waals surface area contributed by atoms with Gasteiger partial charge in [-0.2, -0.15) is 0 Å². The van der Waals surface area contributed by atoms with Crippen LogP contribution in [0.5, 0.6) is 0 Å². The molecule has 0 aromatic carbocycles. The van der Waals surface area contributed by atoms with Gasteiger partial charge in [-0.15, -0.1) is 0 Å².